The number of halogens is 1. The molecule has 0 spiro atoms. The molecule has 12 heavy (non-hydrogen) atoms. The Kier molecular flexibility index (Phi) is 3.57. The van der Waals surface area contributed by atoms with Crippen LogP contribution in [-0.2, 0) is 4.79 Å². The van der Waals surface area contributed by atoms with Crippen LogP contribution in [0.3, 0.4) is 0 Å². The van der Waals surface area contributed by atoms with E-state index in [0.29, 0.717) is 11.7 Å². The number of carbonyl (C=O) groups excluding carboxylic acids is 1. The van der Waals surface area contributed by atoms with E-state index in [4.69, 9.17) is 11.6 Å². The molecule has 0 aromatic rings. The molecule has 1 fully saturated rings. The lowest BCUT2D eigenvalue weighted by molar-refractivity contribution is -0.127. The highest BCUT2D eigenvalue weighted by Crippen LogP contribution is 2.31. The van der Waals surface area contributed by atoms with Crippen molar-refractivity contribution in [2.45, 2.75) is 45.4 Å². The van der Waals surface area contributed by atoms with Crippen molar-refractivity contribution >= 4 is 17.4 Å². The fraction of sp³-hybridized carbons (Fsp3) is 0.900. The third-order valence-electron chi connectivity index (χ3n) is 2.85. The molecule has 1 rings (SSSR count). The Morgan fingerprint density at radius 3 is 2.67 bits per heavy atom. The van der Waals surface area contributed by atoms with Crippen LogP contribution in [0.1, 0.15) is 45.4 Å². The highest BCUT2D eigenvalue weighted by Gasteiger charge is 2.31. The van der Waals surface area contributed by atoms with Crippen molar-refractivity contribution in [3.63, 3.8) is 0 Å². The van der Waals surface area contributed by atoms with Crippen LogP contribution in [0.4, 0.5) is 0 Å². The molecule has 0 saturated heterocycles. The first-order valence-electron chi connectivity index (χ1n) is 4.78. The van der Waals surface area contributed by atoms with Gasteiger partial charge in [0.25, 0.3) is 0 Å². The van der Waals surface area contributed by atoms with Gasteiger partial charge >= 0.3 is 0 Å². The number of hydrogen-bond donors (Lipinski definition) is 0. The quantitative estimate of drug-likeness (QED) is 0.578. The topological polar surface area (TPSA) is 17.1 Å². The van der Waals surface area contributed by atoms with Crippen molar-refractivity contribution in [1.29, 1.82) is 0 Å². The average Bonchev–Trinajstić information content (AvgIpc) is 2.07. The lowest BCUT2D eigenvalue weighted by atomic mass is 9.78. The van der Waals surface area contributed by atoms with Crippen LogP contribution in [0, 0.1) is 5.41 Å². The summed E-state index contributed by atoms with van der Waals surface area (Å²) in [5.74, 6) is 0.864. The number of ketones is 1. The van der Waals surface area contributed by atoms with E-state index in [1.165, 1.54) is 12.8 Å². The van der Waals surface area contributed by atoms with Crippen LogP contribution in [0.5, 0.6) is 0 Å². The SMILES string of the molecule is CC1(CCl)CCCCCCC1=O. The summed E-state index contributed by atoms with van der Waals surface area (Å²) in [6.07, 6.45) is 6.42. The second kappa shape index (κ2) is 4.27. The van der Waals surface area contributed by atoms with Gasteiger partial charge in [-0.2, -0.15) is 0 Å². The summed E-state index contributed by atoms with van der Waals surface area (Å²) in [6, 6.07) is 0. The molecule has 1 aliphatic rings. The maximum absolute atomic E-state index is 11.6. The maximum Gasteiger partial charge on any atom is 0.139 e. The second-order valence-corrected chi connectivity index (χ2v) is 4.30. The molecule has 0 N–H and O–H groups in total. The molecule has 0 radical (unpaired) electrons. The largest absolute Gasteiger partial charge is 0.299 e. The van der Waals surface area contributed by atoms with Gasteiger partial charge in [0.1, 0.15) is 5.78 Å². The Balaban J connectivity index is 2.60. The van der Waals surface area contributed by atoms with Crippen LogP contribution < -0.4 is 0 Å². The highest BCUT2D eigenvalue weighted by atomic mass is 35.5. The van der Waals surface area contributed by atoms with Crippen molar-refractivity contribution in [3.8, 4) is 0 Å². The van der Waals surface area contributed by atoms with Crippen molar-refractivity contribution in [1.82, 2.24) is 0 Å². The lowest BCUT2D eigenvalue weighted by Crippen LogP contribution is -2.30. The molecule has 1 atom stereocenters. The summed E-state index contributed by atoms with van der Waals surface area (Å²) >= 11 is 5.82. The van der Waals surface area contributed by atoms with Gasteiger partial charge in [-0.25, -0.2) is 0 Å². The Hall–Kier alpha value is -0.0400. The van der Waals surface area contributed by atoms with Crippen LogP contribution in [0.2, 0.25) is 0 Å². The van der Waals surface area contributed by atoms with Crippen LogP contribution >= 0.6 is 11.6 Å². The number of alkyl halides is 1. The Morgan fingerprint density at radius 2 is 2.00 bits per heavy atom. The van der Waals surface area contributed by atoms with E-state index >= 15 is 0 Å². The molecular formula is C10H17ClO. The summed E-state index contributed by atoms with van der Waals surface area (Å²) in [5, 5.41) is 0. The van der Waals surface area contributed by atoms with Gasteiger partial charge in [-0.05, 0) is 12.8 Å². The van der Waals surface area contributed by atoms with E-state index in [1.807, 2.05) is 6.92 Å². The third-order valence-corrected chi connectivity index (χ3v) is 3.44. The van der Waals surface area contributed by atoms with Gasteiger partial charge in [0, 0.05) is 17.7 Å². The van der Waals surface area contributed by atoms with E-state index < -0.39 is 0 Å². The highest BCUT2D eigenvalue weighted by molar-refractivity contribution is 6.20. The zero-order chi connectivity index (χ0) is 9.03. The molecule has 1 unspecified atom stereocenters. The minimum absolute atomic E-state index is 0.220. The standard InChI is InChI=1S/C10H17ClO/c1-10(8-11)7-5-3-2-4-6-9(10)12/h2-8H2,1H3. The summed E-state index contributed by atoms with van der Waals surface area (Å²) in [5.41, 5.74) is -0.220. The van der Waals surface area contributed by atoms with Crippen molar-refractivity contribution in [2.75, 3.05) is 5.88 Å². The molecule has 0 bridgehead atoms. The summed E-state index contributed by atoms with van der Waals surface area (Å²) in [7, 11) is 0. The Bertz CT molecular complexity index is 167. The predicted octanol–water partition coefficient (Wildman–Crippen LogP) is 3.15. The van der Waals surface area contributed by atoms with Gasteiger partial charge in [-0.15, -0.1) is 11.6 Å². The molecular weight excluding hydrogens is 172 g/mol. The van der Waals surface area contributed by atoms with Crippen molar-refractivity contribution in [3.05, 3.63) is 0 Å². The van der Waals surface area contributed by atoms with Crippen LogP contribution in [-0.4, -0.2) is 11.7 Å². The van der Waals surface area contributed by atoms with Gasteiger partial charge < -0.3 is 0 Å². The van der Waals surface area contributed by atoms with Crippen LogP contribution in [0.15, 0.2) is 0 Å². The molecule has 1 nitrogen and oxygen atoms in total. The zero-order valence-electron chi connectivity index (χ0n) is 7.74. The average molecular weight is 189 g/mol. The van der Waals surface area contributed by atoms with Crippen molar-refractivity contribution in [2.24, 2.45) is 5.41 Å². The molecule has 0 aromatic heterocycles. The smallest absolute Gasteiger partial charge is 0.139 e. The van der Waals surface area contributed by atoms with Gasteiger partial charge in [0.05, 0.1) is 0 Å². The van der Waals surface area contributed by atoms with Gasteiger partial charge in [0.2, 0.25) is 0 Å². The minimum Gasteiger partial charge on any atom is -0.299 e. The third kappa shape index (κ3) is 2.22. The summed E-state index contributed by atoms with van der Waals surface area (Å²) in [6.45, 7) is 2.01. The van der Waals surface area contributed by atoms with Crippen LogP contribution in [0.25, 0.3) is 0 Å². The summed E-state index contributed by atoms with van der Waals surface area (Å²) in [4.78, 5) is 11.6. The van der Waals surface area contributed by atoms with E-state index in [9.17, 15) is 4.79 Å². The maximum atomic E-state index is 11.6. The fourth-order valence-electron chi connectivity index (χ4n) is 1.74. The Morgan fingerprint density at radius 1 is 1.33 bits per heavy atom. The normalized spacial score (nSPS) is 32.7. The zero-order valence-corrected chi connectivity index (χ0v) is 8.49. The second-order valence-electron chi connectivity index (χ2n) is 4.03. The molecule has 70 valence electrons. The van der Waals surface area contributed by atoms with E-state index in [2.05, 4.69) is 0 Å². The van der Waals surface area contributed by atoms with E-state index in [0.717, 1.165) is 25.7 Å². The molecule has 0 aliphatic heterocycles. The van der Waals surface area contributed by atoms with Crippen molar-refractivity contribution < 1.29 is 4.79 Å². The number of carbonyl (C=O) groups is 1. The van der Waals surface area contributed by atoms with E-state index in [1.54, 1.807) is 0 Å². The molecule has 1 aliphatic carbocycles. The predicted molar refractivity (Wildman–Crippen MR) is 51.5 cm³/mol. The Labute approximate surface area is 79.5 Å². The first kappa shape index (κ1) is 10.0. The van der Waals surface area contributed by atoms with E-state index in [-0.39, 0.29) is 5.41 Å². The fourth-order valence-corrected chi connectivity index (χ4v) is 2.02. The molecule has 1 saturated carbocycles. The monoisotopic (exact) mass is 188 g/mol. The molecule has 2 heteroatoms. The van der Waals surface area contributed by atoms with Gasteiger partial charge in [-0.1, -0.05) is 26.2 Å². The van der Waals surface area contributed by atoms with Gasteiger partial charge in [0.15, 0.2) is 0 Å². The number of rotatable bonds is 1. The first-order valence-corrected chi connectivity index (χ1v) is 5.32. The molecule has 0 amide bonds. The minimum atomic E-state index is -0.220. The molecule has 0 heterocycles. The number of hydrogen-bond acceptors (Lipinski definition) is 1. The number of Topliss-reactive ketones (excluding diaryl/α,β-unsaturated/α-hetero) is 1. The molecule has 0 aromatic carbocycles. The lowest BCUT2D eigenvalue weighted by Gasteiger charge is -2.27. The summed E-state index contributed by atoms with van der Waals surface area (Å²) < 4.78 is 0. The van der Waals surface area contributed by atoms with Gasteiger partial charge in [-0.3, -0.25) is 4.79 Å². The first-order chi connectivity index (χ1) is 5.69.